The molecule has 0 N–H and O–H groups in total. The summed E-state index contributed by atoms with van der Waals surface area (Å²) < 4.78 is 19.8. The third-order valence-electron chi connectivity index (χ3n) is 13.1. The molecule has 6 heteroatoms. The molecule has 306 valence electrons. The van der Waals surface area contributed by atoms with Crippen LogP contribution < -0.4 is 9.47 Å². The molecule has 2 aliphatic carbocycles. The van der Waals surface area contributed by atoms with E-state index >= 15 is 14.4 Å². The Labute approximate surface area is 346 Å². The first kappa shape index (κ1) is 42.6. The molecule has 1 aliphatic heterocycles. The van der Waals surface area contributed by atoms with Crippen LogP contribution in [0.4, 0.5) is 0 Å². The van der Waals surface area contributed by atoms with E-state index in [2.05, 4.69) is 53.7 Å². The Morgan fingerprint density at radius 3 is 1.76 bits per heavy atom. The summed E-state index contributed by atoms with van der Waals surface area (Å²) in [7, 11) is 0. The minimum absolute atomic E-state index is 0.00352. The van der Waals surface area contributed by atoms with Gasteiger partial charge in [-0.15, -0.1) is 0 Å². The van der Waals surface area contributed by atoms with Crippen molar-refractivity contribution in [2.45, 2.75) is 120 Å². The number of hydrogen-bond acceptors (Lipinski definition) is 6. The average Bonchev–Trinajstić information content (AvgIpc) is 3.17. The first-order valence-corrected chi connectivity index (χ1v) is 20.9. The molecule has 3 aliphatic rings. The van der Waals surface area contributed by atoms with Crippen molar-refractivity contribution >= 4 is 17.3 Å². The van der Waals surface area contributed by atoms with E-state index in [9.17, 15) is 0 Å². The number of Topliss-reactive ketones (excluding diaryl/α,β-unsaturated/α-hetero) is 3. The number of rotatable bonds is 14. The second-order valence-electron chi connectivity index (χ2n) is 18.6. The van der Waals surface area contributed by atoms with Crippen LogP contribution in [0.25, 0.3) is 0 Å². The van der Waals surface area contributed by atoms with Gasteiger partial charge in [-0.25, -0.2) is 0 Å². The van der Waals surface area contributed by atoms with Crippen LogP contribution in [0.2, 0.25) is 0 Å². The number of carbonyl (C=O) groups excluding carboxylic acids is 3. The van der Waals surface area contributed by atoms with E-state index in [4.69, 9.17) is 14.2 Å². The van der Waals surface area contributed by atoms with E-state index in [1.54, 1.807) is 18.2 Å². The number of allylic oxidation sites excluding steroid dienone is 8. The molecule has 1 spiro atoms. The molecular formula is C52H62O6. The van der Waals surface area contributed by atoms with Crippen molar-refractivity contribution in [1.29, 1.82) is 0 Å². The second-order valence-corrected chi connectivity index (χ2v) is 18.6. The van der Waals surface area contributed by atoms with Crippen LogP contribution in [0, 0.1) is 28.1 Å². The molecule has 0 unspecified atom stereocenters. The summed E-state index contributed by atoms with van der Waals surface area (Å²) in [6, 6.07) is 24.8. The molecule has 1 saturated carbocycles. The van der Waals surface area contributed by atoms with Gasteiger partial charge < -0.3 is 14.2 Å². The molecule has 6 nitrogen and oxygen atoms in total. The maximum atomic E-state index is 15.8. The van der Waals surface area contributed by atoms with Gasteiger partial charge in [-0.05, 0) is 128 Å². The fourth-order valence-corrected chi connectivity index (χ4v) is 9.40. The van der Waals surface area contributed by atoms with Gasteiger partial charge >= 0.3 is 0 Å². The molecule has 6 rings (SSSR count). The van der Waals surface area contributed by atoms with Gasteiger partial charge in [0.2, 0.25) is 0 Å². The molecule has 4 atom stereocenters. The standard InChI is InChI=1S/C52H62O6/c1-34(2)21-24-40-30-51-31-41(25-22-35(3)4)50(9,10)58-47(51)44(46(54)52(48(51)55,49(40,7)8)28-27-36(5)6)45(53)39-23-26-42(56-32-37-17-13-11-14-18-37)43(29-39)57-33-38-19-15-12-16-20-38/h11-23,26-27,29,40-41H,24-25,28,30-33H2,1-10H3/t40-,41+,51+,52+/m1/s1. The average molecular weight is 783 g/mol. The summed E-state index contributed by atoms with van der Waals surface area (Å²) in [5.41, 5.74) is 1.47. The SMILES string of the molecule is CC(C)=CC[C@H]1C[C@@]23C[C@@H](CC=C(C)C)C(C)(C)[C@@](CC=C(C)C)(C(=O)C(C(=O)c4ccc(OCc5ccccc5)c(OCc5ccccc5)c4)=C2OC1(C)C)C3=O. The van der Waals surface area contributed by atoms with Crippen LogP contribution in [0.1, 0.15) is 123 Å². The van der Waals surface area contributed by atoms with Gasteiger partial charge in [0.1, 0.15) is 35.6 Å². The lowest BCUT2D eigenvalue weighted by Crippen LogP contribution is -2.69. The highest BCUT2D eigenvalue weighted by Crippen LogP contribution is 2.69. The van der Waals surface area contributed by atoms with E-state index in [1.165, 1.54) is 11.1 Å². The van der Waals surface area contributed by atoms with Crippen LogP contribution >= 0.6 is 0 Å². The quantitative estimate of drug-likeness (QED) is 0.0701. The number of hydrogen-bond donors (Lipinski definition) is 0. The Balaban J connectivity index is 1.54. The predicted octanol–water partition coefficient (Wildman–Crippen LogP) is 12.3. The van der Waals surface area contributed by atoms with E-state index in [0.29, 0.717) is 30.9 Å². The summed E-state index contributed by atoms with van der Waals surface area (Å²) in [6.07, 6.45) is 9.13. The van der Waals surface area contributed by atoms with E-state index in [0.717, 1.165) is 29.5 Å². The molecule has 2 fully saturated rings. The lowest BCUT2D eigenvalue weighted by atomic mass is 9.39. The molecule has 2 bridgehead atoms. The number of benzene rings is 3. The van der Waals surface area contributed by atoms with Crippen LogP contribution in [0.5, 0.6) is 11.5 Å². The summed E-state index contributed by atoms with van der Waals surface area (Å²) >= 11 is 0. The highest BCUT2D eigenvalue weighted by atomic mass is 16.5. The van der Waals surface area contributed by atoms with Crippen LogP contribution in [-0.2, 0) is 27.5 Å². The maximum Gasteiger partial charge on any atom is 0.200 e. The Morgan fingerprint density at radius 2 is 1.21 bits per heavy atom. The summed E-state index contributed by atoms with van der Waals surface area (Å²) in [5, 5.41) is 0. The molecule has 1 heterocycles. The largest absolute Gasteiger partial charge is 0.490 e. The second kappa shape index (κ2) is 16.7. The van der Waals surface area contributed by atoms with Gasteiger partial charge in [0, 0.05) is 11.5 Å². The van der Waals surface area contributed by atoms with E-state index in [-0.39, 0.29) is 47.5 Å². The summed E-state index contributed by atoms with van der Waals surface area (Å²) in [5.74, 6) is 0.0853. The van der Waals surface area contributed by atoms with Crippen molar-refractivity contribution in [3.63, 3.8) is 0 Å². The number of fused-ring (bicyclic) bond motifs is 1. The van der Waals surface area contributed by atoms with Crippen molar-refractivity contribution in [1.82, 2.24) is 0 Å². The minimum atomic E-state index is -1.48. The smallest absolute Gasteiger partial charge is 0.200 e. The van der Waals surface area contributed by atoms with Crippen molar-refractivity contribution < 1.29 is 28.6 Å². The summed E-state index contributed by atoms with van der Waals surface area (Å²) in [4.78, 5) is 47.0. The van der Waals surface area contributed by atoms with Crippen LogP contribution in [-0.4, -0.2) is 23.0 Å². The molecule has 3 aromatic carbocycles. The number of ketones is 3. The van der Waals surface area contributed by atoms with Gasteiger partial charge in [0.15, 0.2) is 28.8 Å². The lowest BCUT2D eigenvalue weighted by molar-refractivity contribution is -0.188. The van der Waals surface area contributed by atoms with Gasteiger partial charge in [-0.3, -0.25) is 14.4 Å². The van der Waals surface area contributed by atoms with Crippen molar-refractivity contribution in [3.05, 3.63) is 142 Å². The topological polar surface area (TPSA) is 78.9 Å². The van der Waals surface area contributed by atoms with Crippen molar-refractivity contribution in [3.8, 4) is 11.5 Å². The maximum absolute atomic E-state index is 15.8. The van der Waals surface area contributed by atoms with Gasteiger partial charge in [-0.2, -0.15) is 0 Å². The first-order valence-electron chi connectivity index (χ1n) is 20.9. The molecule has 0 amide bonds. The Kier molecular flexibility index (Phi) is 12.3. The monoisotopic (exact) mass is 782 g/mol. The zero-order valence-electron chi connectivity index (χ0n) is 36.3. The zero-order valence-corrected chi connectivity index (χ0v) is 36.3. The van der Waals surface area contributed by atoms with Gasteiger partial charge in [0.05, 0.1) is 5.41 Å². The zero-order chi connectivity index (χ0) is 42.0. The predicted molar refractivity (Wildman–Crippen MR) is 232 cm³/mol. The fourth-order valence-electron chi connectivity index (χ4n) is 9.40. The number of carbonyl (C=O) groups is 3. The molecule has 0 radical (unpaired) electrons. The molecule has 1 saturated heterocycles. The summed E-state index contributed by atoms with van der Waals surface area (Å²) in [6.45, 7) is 21.1. The van der Waals surface area contributed by atoms with Crippen molar-refractivity contribution in [2.75, 3.05) is 0 Å². The lowest BCUT2D eigenvalue weighted by Gasteiger charge is -2.64. The van der Waals surface area contributed by atoms with E-state index < -0.39 is 33.4 Å². The first-order chi connectivity index (χ1) is 27.4. The minimum Gasteiger partial charge on any atom is -0.490 e. The normalized spacial score (nSPS) is 24.2. The Hall–Kier alpha value is -4.97. The van der Waals surface area contributed by atoms with Crippen LogP contribution in [0.3, 0.4) is 0 Å². The number of ether oxygens (including phenoxy) is 3. The fraction of sp³-hybridized carbons (Fsp3) is 0.442. The highest BCUT2D eigenvalue weighted by molar-refractivity contribution is 6.35. The van der Waals surface area contributed by atoms with Gasteiger partial charge in [0.25, 0.3) is 0 Å². The van der Waals surface area contributed by atoms with Crippen molar-refractivity contribution in [2.24, 2.45) is 28.1 Å². The third kappa shape index (κ3) is 8.04. The molecule has 3 aromatic rings. The molecule has 58 heavy (non-hydrogen) atoms. The Bertz CT molecular complexity index is 2150. The van der Waals surface area contributed by atoms with Gasteiger partial charge in [-0.1, -0.05) is 109 Å². The molecular weight excluding hydrogens is 721 g/mol. The van der Waals surface area contributed by atoms with Crippen LogP contribution in [0.15, 0.2) is 125 Å². The third-order valence-corrected chi connectivity index (χ3v) is 13.1. The highest BCUT2D eigenvalue weighted by Gasteiger charge is 2.74. The van der Waals surface area contributed by atoms with E-state index in [1.807, 2.05) is 94.4 Å². The molecule has 0 aromatic heterocycles. The Morgan fingerprint density at radius 1 is 0.690 bits per heavy atom.